The Morgan fingerprint density at radius 3 is 2.32 bits per heavy atom. The molecule has 1 amide bonds. The Morgan fingerprint density at radius 1 is 0.968 bits per heavy atom. The molecule has 0 aliphatic carbocycles. The van der Waals surface area contributed by atoms with Crippen LogP contribution in [0.5, 0.6) is 0 Å². The number of imidazole rings is 1. The smallest absolute Gasteiger partial charge is 0.345 e. The van der Waals surface area contributed by atoms with Crippen molar-refractivity contribution in [2.75, 3.05) is 0 Å². The molecule has 0 radical (unpaired) electrons. The van der Waals surface area contributed by atoms with E-state index in [0.29, 0.717) is 6.42 Å². The summed E-state index contributed by atoms with van der Waals surface area (Å²) in [5.41, 5.74) is 1.19. The third kappa shape index (κ3) is 4.30. The van der Waals surface area contributed by atoms with Crippen LogP contribution in [0.15, 0.2) is 78.9 Å². The number of aromatic nitrogens is 2. The van der Waals surface area contributed by atoms with Gasteiger partial charge in [0.25, 0.3) is 5.91 Å². The largest absolute Gasteiger partial charge is 0.417 e. The van der Waals surface area contributed by atoms with Gasteiger partial charge in [0.05, 0.1) is 28.2 Å². The van der Waals surface area contributed by atoms with Gasteiger partial charge in [0.2, 0.25) is 0 Å². The van der Waals surface area contributed by atoms with Crippen LogP contribution >= 0.6 is 0 Å². The minimum absolute atomic E-state index is 0.328. The van der Waals surface area contributed by atoms with Crippen molar-refractivity contribution in [3.63, 3.8) is 0 Å². The second-order valence-corrected chi connectivity index (χ2v) is 7.26. The average Bonchev–Trinajstić information content (AvgIpc) is 3.09. The lowest BCUT2D eigenvalue weighted by Crippen LogP contribution is -2.32. The molecule has 0 spiro atoms. The molecule has 4 aromatic rings. The van der Waals surface area contributed by atoms with E-state index in [1.165, 1.54) is 18.2 Å². The number of nitrogens with zero attached hydrogens (tertiary/aromatic N) is 2. The Bertz CT molecular complexity index is 1220. The van der Waals surface area contributed by atoms with Crippen molar-refractivity contribution < 1.29 is 18.0 Å². The Labute approximate surface area is 177 Å². The third-order valence-electron chi connectivity index (χ3n) is 5.25. The second kappa shape index (κ2) is 8.26. The standard InChI is InChI=1S/C24H20F3N3O/c1-30-21-14-8-7-13-19(21)28-22(30)15-20(16-9-3-2-4-10-16)29-23(31)17-11-5-6-12-18(17)24(25,26)27/h2-14,20H,15H2,1H3,(H,29,31)/t20-/m0/s1. The second-order valence-electron chi connectivity index (χ2n) is 7.26. The molecule has 31 heavy (non-hydrogen) atoms. The summed E-state index contributed by atoms with van der Waals surface area (Å²) in [6.45, 7) is 0. The van der Waals surface area contributed by atoms with E-state index in [-0.39, 0.29) is 0 Å². The van der Waals surface area contributed by atoms with Gasteiger partial charge in [-0.1, -0.05) is 54.6 Å². The topological polar surface area (TPSA) is 46.9 Å². The molecular formula is C24H20F3N3O. The number of para-hydroxylation sites is 2. The normalized spacial score (nSPS) is 12.6. The predicted molar refractivity (Wildman–Crippen MR) is 113 cm³/mol. The van der Waals surface area contributed by atoms with Gasteiger partial charge >= 0.3 is 6.18 Å². The van der Waals surface area contributed by atoms with Gasteiger partial charge in [0.15, 0.2) is 0 Å². The molecular weight excluding hydrogens is 403 g/mol. The Morgan fingerprint density at radius 2 is 1.61 bits per heavy atom. The number of carbonyl (C=O) groups excluding carboxylic acids is 1. The van der Waals surface area contributed by atoms with Gasteiger partial charge in [-0.05, 0) is 29.8 Å². The lowest BCUT2D eigenvalue weighted by Gasteiger charge is -2.20. The Hall–Kier alpha value is -3.61. The number of rotatable bonds is 5. The monoisotopic (exact) mass is 423 g/mol. The lowest BCUT2D eigenvalue weighted by molar-refractivity contribution is -0.137. The SMILES string of the molecule is Cn1c(C[C@H](NC(=O)c2ccccc2C(F)(F)F)c2ccccc2)nc2ccccc21. The molecule has 1 N–H and O–H groups in total. The van der Waals surface area contributed by atoms with Crippen LogP contribution in [0.4, 0.5) is 13.2 Å². The number of hydrogen-bond acceptors (Lipinski definition) is 2. The molecule has 0 saturated carbocycles. The van der Waals surface area contributed by atoms with Crippen molar-refractivity contribution in [1.29, 1.82) is 0 Å². The maximum atomic E-state index is 13.4. The maximum absolute atomic E-state index is 13.4. The molecule has 1 aromatic heterocycles. The summed E-state index contributed by atoms with van der Waals surface area (Å²) in [6, 6.07) is 21.1. The maximum Gasteiger partial charge on any atom is 0.417 e. The van der Waals surface area contributed by atoms with Crippen molar-refractivity contribution in [3.8, 4) is 0 Å². The van der Waals surface area contributed by atoms with Gasteiger partial charge < -0.3 is 9.88 Å². The number of amides is 1. The molecule has 0 aliphatic heterocycles. The van der Waals surface area contributed by atoms with E-state index in [9.17, 15) is 18.0 Å². The van der Waals surface area contributed by atoms with Crippen molar-refractivity contribution in [3.05, 3.63) is 101 Å². The predicted octanol–water partition coefficient (Wildman–Crippen LogP) is 5.31. The molecule has 0 bridgehead atoms. The first-order chi connectivity index (χ1) is 14.8. The molecule has 0 unspecified atom stereocenters. The first kappa shape index (κ1) is 20.7. The fraction of sp³-hybridized carbons (Fsp3) is 0.167. The highest BCUT2D eigenvalue weighted by atomic mass is 19.4. The van der Waals surface area contributed by atoms with Crippen LogP contribution in [0.25, 0.3) is 11.0 Å². The molecule has 0 saturated heterocycles. The van der Waals surface area contributed by atoms with E-state index in [0.717, 1.165) is 28.5 Å². The summed E-state index contributed by atoms with van der Waals surface area (Å²) >= 11 is 0. The van der Waals surface area contributed by atoms with E-state index in [2.05, 4.69) is 10.3 Å². The van der Waals surface area contributed by atoms with Crippen LogP contribution in [0, 0.1) is 0 Å². The highest BCUT2D eigenvalue weighted by Gasteiger charge is 2.35. The van der Waals surface area contributed by atoms with Crippen molar-refractivity contribution in [2.45, 2.75) is 18.6 Å². The fourth-order valence-electron chi connectivity index (χ4n) is 3.66. The van der Waals surface area contributed by atoms with Gasteiger partial charge in [-0.25, -0.2) is 4.98 Å². The van der Waals surface area contributed by atoms with E-state index in [1.807, 2.05) is 66.2 Å². The van der Waals surface area contributed by atoms with Gasteiger partial charge in [-0.3, -0.25) is 4.79 Å². The third-order valence-corrected chi connectivity index (χ3v) is 5.25. The summed E-state index contributed by atoms with van der Waals surface area (Å²) < 4.78 is 42.1. The highest BCUT2D eigenvalue weighted by molar-refractivity contribution is 5.96. The Balaban J connectivity index is 1.68. The number of hydrogen-bond donors (Lipinski definition) is 1. The van der Waals surface area contributed by atoms with E-state index in [4.69, 9.17) is 0 Å². The highest BCUT2D eigenvalue weighted by Crippen LogP contribution is 2.32. The summed E-state index contributed by atoms with van der Waals surface area (Å²) in [7, 11) is 1.88. The summed E-state index contributed by atoms with van der Waals surface area (Å²) in [5.74, 6) is -0.0556. The van der Waals surface area contributed by atoms with Crippen LogP contribution in [0.1, 0.15) is 33.4 Å². The van der Waals surface area contributed by atoms with Crippen LogP contribution in [-0.2, 0) is 19.6 Å². The molecule has 7 heteroatoms. The average molecular weight is 423 g/mol. The zero-order valence-electron chi connectivity index (χ0n) is 16.7. The van der Waals surface area contributed by atoms with Crippen LogP contribution in [-0.4, -0.2) is 15.5 Å². The number of aryl methyl sites for hydroxylation is 1. The first-order valence-corrected chi connectivity index (χ1v) is 9.77. The first-order valence-electron chi connectivity index (χ1n) is 9.77. The zero-order chi connectivity index (χ0) is 22.0. The molecule has 4 nitrogen and oxygen atoms in total. The summed E-state index contributed by atoms with van der Waals surface area (Å²) in [5, 5.41) is 2.79. The fourth-order valence-corrected chi connectivity index (χ4v) is 3.66. The van der Waals surface area contributed by atoms with Gasteiger partial charge in [-0.2, -0.15) is 13.2 Å². The summed E-state index contributed by atoms with van der Waals surface area (Å²) in [6.07, 6.45) is -4.29. The van der Waals surface area contributed by atoms with Crippen molar-refractivity contribution in [1.82, 2.24) is 14.9 Å². The number of carbonyl (C=O) groups is 1. The number of halogens is 3. The number of fused-ring (bicyclic) bond motifs is 1. The minimum Gasteiger partial charge on any atom is -0.345 e. The van der Waals surface area contributed by atoms with Crippen LogP contribution in [0.3, 0.4) is 0 Å². The lowest BCUT2D eigenvalue weighted by atomic mass is 10.0. The molecule has 158 valence electrons. The van der Waals surface area contributed by atoms with Crippen molar-refractivity contribution in [2.24, 2.45) is 7.05 Å². The number of benzene rings is 3. The van der Waals surface area contributed by atoms with E-state index in [1.54, 1.807) is 0 Å². The zero-order valence-corrected chi connectivity index (χ0v) is 16.7. The number of nitrogens with one attached hydrogen (secondary N) is 1. The molecule has 1 atom stereocenters. The quantitative estimate of drug-likeness (QED) is 0.473. The van der Waals surface area contributed by atoms with Gasteiger partial charge in [0.1, 0.15) is 5.82 Å². The van der Waals surface area contributed by atoms with Crippen LogP contribution < -0.4 is 5.32 Å². The summed E-state index contributed by atoms with van der Waals surface area (Å²) in [4.78, 5) is 17.6. The number of alkyl halides is 3. The van der Waals surface area contributed by atoms with Crippen LogP contribution in [0.2, 0.25) is 0 Å². The molecule has 4 rings (SSSR count). The van der Waals surface area contributed by atoms with Gasteiger partial charge in [-0.15, -0.1) is 0 Å². The Kier molecular flexibility index (Phi) is 5.50. The molecule has 0 aliphatic rings. The van der Waals surface area contributed by atoms with Gasteiger partial charge in [0, 0.05) is 13.5 Å². The molecule has 3 aromatic carbocycles. The van der Waals surface area contributed by atoms with Crippen molar-refractivity contribution >= 4 is 16.9 Å². The molecule has 0 fully saturated rings. The molecule has 1 heterocycles. The van der Waals surface area contributed by atoms with E-state index >= 15 is 0 Å². The van der Waals surface area contributed by atoms with E-state index < -0.39 is 29.3 Å². The minimum atomic E-state index is -4.62.